The zero-order chi connectivity index (χ0) is 14.4. The third-order valence-corrected chi connectivity index (χ3v) is 3.44. The molecule has 0 spiro atoms. The second kappa shape index (κ2) is 7.43. The van der Waals surface area contributed by atoms with E-state index in [1.165, 1.54) is 6.42 Å². The van der Waals surface area contributed by atoms with Gasteiger partial charge in [0, 0.05) is 13.2 Å². The summed E-state index contributed by atoms with van der Waals surface area (Å²) in [5, 5.41) is 3.32. The molecule has 0 aromatic carbocycles. The van der Waals surface area contributed by atoms with Gasteiger partial charge in [-0.25, -0.2) is 4.98 Å². The number of ether oxygens (including phenoxy) is 2. The molecule has 1 atom stereocenters. The van der Waals surface area contributed by atoms with Gasteiger partial charge in [0.2, 0.25) is 5.88 Å². The van der Waals surface area contributed by atoms with Gasteiger partial charge >= 0.3 is 0 Å². The van der Waals surface area contributed by atoms with E-state index in [0.29, 0.717) is 12.5 Å². The maximum atomic E-state index is 5.86. The molecule has 5 heteroatoms. The van der Waals surface area contributed by atoms with E-state index in [0.717, 1.165) is 49.6 Å². The van der Waals surface area contributed by atoms with Gasteiger partial charge in [0.25, 0.3) is 0 Å². The quantitative estimate of drug-likeness (QED) is 0.867. The highest BCUT2D eigenvalue weighted by atomic mass is 16.5. The minimum Gasteiger partial charge on any atom is -0.475 e. The fourth-order valence-corrected chi connectivity index (χ4v) is 2.27. The number of nitrogens with one attached hydrogen (secondary N) is 1. The summed E-state index contributed by atoms with van der Waals surface area (Å²) >= 11 is 0. The lowest BCUT2D eigenvalue weighted by Gasteiger charge is -2.23. The maximum Gasteiger partial charge on any atom is 0.221 e. The molecule has 2 heterocycles. The van der Waals surface area contributed by atoms with Crippen LogP contribution in [0.4, 0.5) is 5.82 Å². The monoisotopic (exact) mass is 279 g/mol. The van der Waals surface area contributed by atoms with Gasteiger partial charge < -0.3 is 14.8 Å². The summed E-state index contributed by atoms with van der Waals surface area (Å²) in [5.74, 6) is 2.28. The van der Waals surface area contributed by atoms with Gasteiger partial charge in [0.15, 0.2) is 0 Å². The van der Waals surface area contributed by atoms with E-state index in [9.17, 15) is 0 Å². The molecule has 2 rings (SSSR count). The van der Waals surface area contributed by atoms with Crippen molar-refractivity contribution in [2.75, 3.05) is 25.1 Å². The molecule has 1 unspecified atom stereocenters. The number of hydrogen-bond acceptors (Lipinski definition) is 5. The van der Waals surface area contributed by atoms with Gasteiger partial charge in [-0.05, 0) is 39.5 Å². The van der Waals surface area contributed by atoms with E-state index in [4.69, 9.17) is 9.47 Å². The zero-order valence-corrected chi connectivity index (χ0v) is 12.7. The predicted octanol–water partition coefficient (Wildman–Crippen LogP) is 2.86. The fourth-order valence-electron chi connectivity index (χ4n) is 2.27. The Balaban J connectivity index is 2.00. The number of hydrogen-bond donors (Lipinski definition) is 1. The highest BCUT2D eigenvalue weighted by molar-refractivity contribution is 5.48. The molecule has 112 valence electrons. The normalized spacial score (nSPS) is 18.9. The maximum absolute atomic E-state index is 5.86. The number of aromatic nitrogens is 2. The first-order valence-corrected chi connectivity index (χ1v) is 7.54. The Morgan fingerprint density at radius 1 is 1.30 bits per heavy atom. The second-order valence-corrected chi connectivity index (χ2v) is 5.28. The van der Waals surface area contributed by atoms with Gasteiger partial charge in [-0.1, -0.05) is 6.92 Å². The van der Waals surface area contributed by atoms with Gasteiger partial charge in [-0.15, -0.1) is 0 Å². The Morgan fingerprint density at radius 2 is 2.15 bits per heavy atom. The molecule has 1 fully saturated rings. The van der Waals surface area contributed by atoms with Crippen LogP contribution in [-0.2, 0) is 4.74 Å². The Labute approximate surface area is 121 Å². The third-order valence-electron chi connectivity index (χ3n) is 3.44. The molecular weight excluding hydrogens is 254 g/mol. The SMILES string of the molecule is CCCNc1nc(C)nc(OCC2CCCCO2)c1C. The van der Waals surface area contributed by atoms with Crippen LogP contribution in [0.2, 0.25) is 0 Å². The lowest BCUT2D eigenvalue weighted by atomic mass is 10.1. The molecular formula is C15H25N3O2. The first kappa shape index (κ1) is 15.0. The van der Waals surface area contributed by atoms with Crippen molar-refractivity contribution in [3.8, 4) is 5.88 Å². The van der Waals surface area contributed by atoms with Gasteiger partial charge in [0.1, 0.15) is 18.2 Å². The summed E-state index contributed by atoms with van der Waals surface area (Å²) in [6, 6.07) is 0. The second-order valence-electron chi connectivity index (χ2n) is 5.28. The molecule has 1 aliphatic rings. The van der Waals surface area contributed by atoms with Gasteiger partial charge in [-0.3, -0.25) is 0 Å². The van der Waals surface area contributed by atoms with Crippen LogP contribution in [0.3, 0.4) is 0 Å². The number of aryl methyl sites for hydroxylation is 1. The first-order chi connectivity index (χ1) is 9.70. The Morgan fingerprint density at radius 3 is 2.85 bits per heavy atom. The van der Waals surface area contributed by atoms with Crippen LogP contribution in [0.25, 0.3) is 0 Å². The van der Waals surface area contributed by atoms with Gasteiger partial charge in [0.05, 0.1) is 11.7 Å². The molecule has 0 saturated carbocycles. The van der Waals surface area contributed by atoms with E-state index in [2.05, 4.69) is 22.2 Å². The van der Waals surface area contributed by atoms with Crippen LogP contribution >= 0.6 is 0 Å². The first-order valence-electron chi connectivity index (χ1n) is 7.54. The Kier molecular flexibility index (Phi) is 5.59. The van der Waals surface area contributed by atoms with Crippen molar-refractivity contribution in [3.63, 3.8) is 0 Å². The minimum absolute atomic E-state index is 0.200. The molecule has 0 radical (unpaired) electrons. The zero-order valence-electron chi connectivity index (χ0n) is 12.7. The van der Waals surface area contributed by atoms with E-state index in [-0.39, 0.29) is 6.10 Å². The number of anilines is 1. The Bertz CT molecular complexity index is 431. The Hall–Kier alpha value is -1.36. The molecule has 1 N–H and O–H groups in total. The van der Waals surface area contributed by atoms with E-state index < -0.39 is 0 Å². The summed E-state index contributed by atoms with van der Waals surface area (Å²) in [4.78, 5) is 8.83. The molecule has 0 aliphatic carbocycles. The van der Waals surface area contributed by atoms with Gasteiger partial charge in [-0.2, -0.15) is 4.98 Å². The third kappa shape index (κ3) is 4.07. The summed E-state index contributed by atoms with van der Waals surface area (Å²) in [6.45, 7) is 8.34. The number of nitrogens with zero attached hydrogens (tertiary/aromatic N) is 2. The minimum atomic E-state index is 0.200. The van der Waals surface area contributed by atoms with E-state index >= 15 is 0 Å². The standard InChI is InChI=1S/C15H25N3O2/c1-4-8-16-14-11(2)15(18-12(3)17-14)20-10-13-7-5-6-9-19-13/h13H,4-10H2,1-3H3,(H,16,17,18). The summed E-state index contributed by atoms with van der Waals surface area (Å²) in [5.41, 5.74) is 0.972. The van der Waals surface area contributed by atoms with Crippen LogP contribution in [-0.4, -0.2) is 35.8 Å². The predicted molar refractivity (Wildman–Crippen MR) is 79.4 cm³/mol. The average Bonchev–Trinajstić information content (AvgIpc) is 2.47. The highest BCUT2D eigenvalue weighted by Gasteiger charge is 2.16. The lowest BCUT2D eigenvalue weighted by molar-refractivity contribution is -0.0121. The highest BCUT2D eigenvalue weighted by Crippen LogP contribution is 2.23. The number of rotatable bonds is 6. The van der Waals surface area contributed by atoms with E-state index in [1.807, 2.05) is 13.8 Å². The van der Waals surface area contributed by atoms with Crippen molar-refractivity contribution < 1.29 is 9.47 Å². The largest absolute Gasteiger partial charge is 0.475 e. The lowest BCUT2D eigenvalue weighted by Crippen LogP contribution is -2.26. The van der Waals surface area contributed by atoms with Crippen molar-refractivity contribution in [3.05, 3.63) is 11.4 Å². The van der Waals surface area contributed by atoms with Crippen LogP contribution in [0.5, 0.6) is 5.88 Å². The molecule has 20 heavy (non-hydrogen) atoms. The molecule has 1 aromatic heterocycles. The van der Waals surface area contributed by atoms with E-state index in [1.54, 1.807) is 0 Å². The summed E-state index contributed by atoms with van der Waals surface area (Å²) < 4.78 is 11.5. The van der Waals surface area contributed by atoms with Crippen LogP contribution < -0.4 is 10.1 Å². The van der Waals surface area contributed by atoms with Crippen LogP contribution in [0, 0.1) is 13.8 Å². The smallest absolute Gasteiger partial charge is 0.221 e. The summed E-state index contributed by atoms with van der Waals surface area (Å²) in [7, 11) is 0. The molecule has 1 aromatic rings. The molecule has 5 nitrogen and oxygen atoms in total. The molecule has 1 aliphatic heterocycles. The van der Waals surface area contributed by atoms with Crippen molar-refractivity contribution >= 4 is 5.82 Å². The molecule has 0 bridgehead atoms. The molecule has 0 amide bonds. The van der Waals surface area contributed by atoms with Crippen molar-refractivity contribution in [2.24, 2.45) is 0 Å². The van der Waals surface area contributed by atoms with Crippen LogP contribution in [0.15, 0.2) is 0 Å². The van der Waals surface area contributed by atoms with Crippen molar-refractivity contribution in [2.45, 2.75) is 52.6 Å². The van der Waals surface area contributed by atoms with Crippen molar-refractivity contribution in [1.29, 1.82) is 0 Å². The van der Waals surface area contributed by atoms with Crippen molar-refractivity contribution in [1.82, 2.24) is 9.97 Å². The molecule has 1 saturated heterocycles. The topological polar surface area (TPSA) is 56.3 Å². The van der Waals surface area contributed by atoms with Crippen LogP contribution in [0.1, 0.15) is 44.0 Å². The summed E-state index contributed by atoms with van der Waals surface area (Å²) in [6.07, 6.45) is 4.72. The fraction of sp³-hybridized carbons (Fsp3) is 0.733. The average molecular weight is 279 g/mol.